The molecule has 0 amide bonds. The molecule has 2 heterocycles. The predicted molar refractivity (Wildman–Crippen MR) is 63.3 cm³/mol. The third kappa shape index (κ3) is 2.20. The van der Waals surface area contributed by atoms with Gasteiger partial charge in [0.15, 0.2) is 5.69 Å². The second-order valence-corrected chi connectivity index (χ2v) is 3.61. The summed E-state index contributed by atoms with van der Waals surface area (Å²) in [6.07, 6.45) is 3.20. The summed E-state index contributed by atoms with van der Waals surface area (Å²) in [6, 6.07) is 4.53. The van der Waals surface area contributed by atoms with Crippen molar-refractivity contribution in [3.05, 3.63) is 46.3 Å². The Morgan fingerprint density at radius 3 is 2.76 bits per heavy atom. The van der Waals surface area contributed by atoms with Gasteiger partial charge in [0.2, 0.25) is 0 Å². The van der Waals surface area contributed by atoms with Crippen molar-refractivity contribution in [3.8, 4) is 11.3 Å². The van der Waals surface area contributed by atoms with E-state index in [-0.39, 0.29) is 17.2 Å². The molecule has 0 aliphatic heterocycles. The first-order chi connectivity index (χ1) is 8.08. The smallest absolute Gasteiger partial charge is 0.295 e. The van der Waals surface area contributed by atoms with Gasteiger partial charge in [-0.15, -0.1) is 0 Å². The highest BCUT2D eigenvalue weighted by Crippen LogP contribution is 2.28. The second-order valence-electron chi connectivity index (χ2n) is 3.61. The van der Waals surface area contributed by atoms with E-state index < -0.39 is 4.92 Å². The number of nitrogens with two attached hydrogens (primary N) is 1. The van der Waals surface area contributed by atoms with E-state index in [9.17, 15) is 10.1 Å². The van der Waals surface area contributed by atoms with E-state index in [0.717, 1.165) is 5.56 Å². The van der Waals surface area contributed by atoms with E-state index in [4.69, 9.17) is 5.73 Å². The fraction of sp³-hybridized carbons (Fsp3) is 0.0909. The number of aromatic nitrogens is 2. The molecule has 0 bridgehead atoms. The number of anilines is 1. The fourth-order valence-corrected chi connectivity index (χ4v) is 1.51. The summed E-state index contributed by atoms with van der Waals surface area (Å²) in [5.74, 6) is 0.243. The number of hydrogen-bond acceptors (Lipinski definition) is 5. The Labute approximate surface area is 97.3 Å². The van der Waals surface area contributed by atoms with E-state index in [2.05, 4.69) is 9.97 Å². The Morgan fingerprint density at radius 2 is 2.12 bits per heavy atom. The predicted octanol–water partition coefficient (Wildman–Crippen LogP) is 1.94. The van der Waals surface area contributed by atoms with Gasteiger partial charge in [-0.2, -0.15) is 0 Å². The Morgan fingerprint density at radius 1 is 1.35 bits per heavy atom. The van der Waals surface area contributed by atoms with Gasteiger partial charge in [-0.05, 0) is 24.6 Å². The molecule has 0 unspecified atom stereocenters. The highest BCUT2D eigenvalue weighted by molar-refractivity contribution is 5.70. The van der Waals surface area contributed by atoms with Crippen LogP contribution in [0, 0.1) is 17.0 Å². The van der Waals surface area contributed by atoms with Crippen molar-refractivity contribution >= 4 is 11.5 Å². The summed E-state index contributed by atoms with van der Waals surface area (Å²) in [6.45, 7) is 1.86. The van der Waals surface area contributed by atoms with Crippen LogP contribution in [-0.2, 0) is 0 Å². The molecule has 6 heteroatoms. The molecule has 0 spiro atoms. The molecule has 0 aliphatic carbocycles. The summed E-state index contributed by atoms with van der Waals surface area (Å²) in [5.41, 5.74) is 7.20. The Kier molecular flexibility index (Phi) is 2.70. The number of nitro groups is 1. The van der Waals surface area contributed by atoms with Crippen molar-refractivity contribution in [1.82, 2.24) is 9.97 Å². The highest BCUT2D eigenvalue weighted by atomic mass is 16.6. The monoisotopic (exact) mass is 230 g/mol. The molecule has 6 nitrogen and oxygen atoms in total. The van der Waals surface area contributed by atoms with E-state index in [0.29, 0.717) is 5.56 Å². The van der Waals surface area contributed by atoms with Crippen molar-refractivity contribution in [2.24, 2.45) is 0 Å². The quantitative estimate of drug-likeness (QED) is 0.628. The number of nitrogen functional groups attached to an aromatic ring is 1. The summed E-state index contributed by atoms with van der Waals surface area (Å²) in [5, 5.41) is 10.9. The van der Waals surface area contributed by atoms with E-state index in [1.165, 1.54) is 18.3 Å². The normalized spacial score (nSPS) is 10.2. The third-order valence-corrected chi connectivity index (χ3v) is 2.24. The SMILES string of the molecule is Cc1cncc(-c2nc(N)ccc2[N+](=O)[O-])c1. The Hall–Kier alpha value is -2.50. The van der Waals surface area contributed by atoms with E-state index in [1.54, 1.807) is 12.3 Å². The zero-order chi connectivity index (χ0) is 12.4. The minimum absolute atomic E-state index is 0.0772. The Bertz CT molecular complexity index is 583. The average molecular weight is 230 g/mol. The van der Waals surface area contributed by atoms with Crippen molar-refractivity contribution < 1.29 is 4.92 Å². The van der Waals surface area contributed by atoms with Crippen LogP contribution in [0.15, 0.2) is 30.6 Å². The van der Waals surface area contributed by atoms with Gasteiger partial charge in [0, 0.05) is 24.0 Å². The van der Waals surface area contributed by atoms with Gasteiger partial charge in [0.05, 0.1) is 4.92 Å². The first-order valence-electron chi connectivity index (χ1n) is 4.91. The number of pyridine rings is 2. The van der Waals surface area contributed by atoms with Crippen molar-refractivity contribution in [2.75, 3.05) is 5.73 Å². The summed E-state index contributed by atoms with van der Waals surface area (Å²) in [7, 11) is 0. The molecular formula is C11H10N4O2. The lowest BCUT2D eigenvalue weighted by Gasteiger charge is -2.03. The van der Waals surface area contributed by atoms with Crippen LogP contribution < -0.4 is 5.73 Å². The zero-order valence-corrected chi connectivity index (χ0v) is 9.12. The number of nitrogens with zero attached hydrogens (tertiary/aromatic N) is 3. The van der Waals surface area contributed by atoms with Crippen LogP contribution in [0.4, 0.5) is 11.5 Å². The number of rotatable bonds is 2. The summed E-state index contributed by atoms with van der Waals surface area (Å²) < 4.78 is 0. The molecule has 0 aromatic carbocycles. The van der Waals surface area contributed by atoms with Gasteiger partial charge in [-0.1, -0.05) is 0 Å². The molecule has 0 saturated carbocycles. The average Bonchev–Trinajstić information content (AvgIpc) is 2.28. The number of hydrogen-bond donors (Lipinski definition) is 1. The van der Waals surface area contributed by atoms with Crippen molar-refractivity contribution in [3.63, 3.8) is 0 Å². The minimum Gasteiger partial charge on any atom is -0.384 e. The lowest BCUT2D eigenvalue weighted by Crippen LogP contribution is -1.98. The van der Waals surface area contributed by atoms with Crippen LogP contribution in [0.3, 0.4) is 0 Å². The van der Waals surface area contributed by atoms with Crippen LogP contribution in [0.1, 0.15) is 5.56 Å². The van der Waals surface area contributed by atoms with Crippen LogP contribution in [0.25, 0.3) is 11.3 Å². The highest BCUT2D eigenvalue weighted by Gasteiger charge is 2.17. The van der Waals surface area contributed by atoms with E-state index >= 15 is 0 Å². The van der Waals surface area contributed by atoms with Gasteiger partial charge >= 0.3 is 0 Å². The summed E-state index contributed by atoms with van der Waals surface area (Å²) >= 11 is 0. The maximum Gasteiger partial charge on any atom is 0.295 e. The second kappa shape index (κ2) is 4.17. The maximum atomic E-state index is 10.9. The van der Waals surface area contributed by atoms with Crippen LogP contribution >= 0.6 is 0 Å². The number of aryl methyl sites for hydroxylation is 1. The zero-order valence-electron chi connectivity index (χ0n) is 9.12. The molecule has 2 aromatic rings. The molecule has 17 heavy (non-hydrogen) atoms. The first kappa shape index (κ1) is 11.0. The molecule has 0 saturated heterocycles. The molecule has 0 fully saturated rings. The van der Waals surface area contributed by atoms with Crippen molar-refractivity contribution in [1.29, 1.82) is 0 Å². The largest absolute Gasteiger partial charge is 0.384 e. The molecule has 86 valence electrons. The first-order valence-corrected chi connectivity index (χ1v) is 4.91. The molecule has 2 rings (SSSR count). The van der Waals surface area contributed by atoms with Gasteiger partial charge in [-0.25, -0.2) is 4.98 Å². The lowest BCUT2D eigenvalue weighted by molar-refractivity contribution is -0.384. The van der Waals surface area contributed by atoms with Gasteiger partial charge in [0.25, 0.3) is 5.69 Å². The summed E-state index contributed by atoms with van der Waals surface area (Å²) in [4.78, 5) is 18.4. The maximum absolute atomic E-state index is 10.9. The molecule has 0 radical (unpaired) electrons. The van der Waals surface area contributed by atoms with Crippen LogP contribution in [0.2, 0.25) is 0 Å². The van der Waals surface area contributed by atoms with Gasteiger partial charge < -0.3 is 5.73 Å². The third-order valence-electron chi connectivity index (χ3n) is 2.24. The molecule has 0 atom stereocenters. The van der Waals surface area contributed by atoms with Gasteiger partial charge in [0.1, 0.15) is 5.82 Å². The van der Waals surface area contributed by atoms with Crippen molar-refractivity contribution in [2.45, 2.75) is 6.92 Å². The minimum atomic E-state index is -0.482. The van der Waals surface area contributed by atoms with Crippen LogP contribution in [-0.4, -0.2) is 14.9 Å². The van der Waals surface area contributed by atoms with E-state index in [1.807, 2.05) is 6.92 Å². The fourth-order valence-electron chi connectivity index (χ4n) is 1.51. The topological polar surface area (TPSA) is 94.9 Å². The lowest BCUT2D eigenvalue weighted by atomic mass is 10.1. The molecular weight excluding hydrogens is 220 g/mol. The van der Waals surface area contributed by atoms with Crippen LogP contribution in [0.5, 0.6) is 0 Å². The Balaban J connectivity index is 2.65. The van der Waals surface area contributed by atoms with Gasteiger partial charge in [-0.3, -0.25) is 15.1 Å². The molecule has 2 aromatic heterocycles. The molecule has 0 aliphatic rings. The molecule has 2 N–H and O–H groups in total. The standard InChI is InChI=1S/C11H10N4O2/c1-7-4-8(6-13-5-7)11-9(15(16)17)2-3-10(12)14-11/h2-6H,1H3,(H2,12,14).